The second-order valence-electron chi connectivity index (χ2n) is 9.21. The number of nitrogens with zero attached hydrogens (tertiary/aromatic N) is 2. The minimum absolute atomic E-state index is 0.0455. The van der Waals surface area contributed by atoms with E-state index < -0.39 is 29.6 Å². The molecule has 0 saturated heterocycles. The number of nitrogens with one attached hydrogen (secondary N) is 2. The van der Waals surface area contributed by atoms with E-state index in [0.717, 1.165) is 35.8 Å². The van der Waals surface area contributed by atoms with Gasteiger partial charge in [-0.05, 0) is 42.7 Å². The maximum absolute atomic E-state index is 13.5. The number of methoxy groups -OCH3 is 1. The van der Waals surface area contributed by atoms with Crippen molar-refractivity contribution in [3.63, 3.8) is 0 Å². The Hall–Kier alpha value is -4.34. The van der Waals surface area contributed by atoms with Gasteiger partial charge in [0.1, 0.15) is 29.9 Å². The molecule has 0 atom stereocenters. The van der Waals surface area contributed by atoms with Crippen molar-refractivity contribution < 1.29 is 18.7 Å². The molecule has 0 bridgehead atoms. The highest BCUT2D eigenvalue weighted by Crippen LogP contribution is 2.25. The van der Waals surface area contributed by atoms with Gasteiger partial charge in [-0.15, -0.1) is 0 Å². The van der Waals surface area contributed by atoms with Crippen molar-refractivity contribution in [2.24, 2.45) is 0 Å². The summed E-state index contributed by atoms with van der Waals surface area (Å²) >= 11 is 0. The molecule has 1 aliphatic carbocycles. The third-order valence-corrected chi connectivity index (χ3v) is 6.71. The Kier molecular flexibility index (Phi) is 6.80. The molecule has 1 fully saturated rings. The number of carbonyl (C=O) groups is 2. The monoisotopic (exact) mass is 504 g/mol. The standard InChI is InChI=1S/C27H28N4O6/c1-36-19-12-10-17(11-13-19)14-28-22(32)15-30-24-20-8-4-5-9-21(20)37-25(24)26(34)31(27(30)35)16-23(33)29-18-6-2-3-7-18/h4-5,8-13,18H,2-3,6-7,14-16H2,1H3,(H,28,32)(H,29,33). The first kappa shape index (κ1) is 24.4. The molecule has 192 valence electrons. The Labute approximate surface area is 211 Å². The molecular formula is C27H28N4O6. The smallest absolute Gasteiger partial charge is 0.332 e. The average molecular weight is 505 g/mol. The Morgan fingerprint density at radius 2 is 1.68 bits per heavy atom. The summed E-state index contributed by atoms with van der Waals surface area (Å²) in [6, 6.07) is 14.2. The largest absolute Gasteiger partial charge is 0.497 e. The zero-order valence-electron chi connectivity index (χ0n) is 20.5. The SMILES string of the molecule is COc1ccc(CNC(=O)Cn2c(=O)n(CC(=O)NC3CCCC3)c(=O)c3oc4ccccc4c32)cc1. The van der Waals surface area contributed by atoms with E-state index >= 15 is 0 Å². The third kappa shape index (κ3) is 5.00. The van der Waals surface area contributed by atoms with Crippen LogP contribution in [0.25, 0.3) is 22.1 Å². The van der Waals surface area contributed by atoms with Crippen molar-refractivity contribution >= 4 is 33.9 Å². The fourth-order valence-corrected chi connectivity index (χ4v) is 4.81. The van der Waals surface area contributed by atoms with Crippen molar-refractivity contribution in [1.29, 1.82) is 0 Å². The molecule has 2 heterocycles. The summed E-state index contributed by atoms with van der Waals surface area (Å²) in [5.41, 5.74) is -0.0172. The molecule has 2 amide bonds. The molecular weight excluding hydrogens is 476 g/mol. The fourth-order valence-electron chi connectivity index (χ4n) is 4.81. The van der Waals surface area contributed by atoms with Crippen LogP contribution >= 0.6 is 0 Å². The van der Waals surface area contributed by atoms with Crippen LogP contribution in [0.3, 0.4) is 0 Å². The second kappa shape index (κ2) is 10.3. The van der Waals surface area contributed by atoms with Gasteiger partial charge in [-0.25, -0.2) is 9.36 Å². The van der Waals surface area contributed by atoms with Gasteiger partial charge >= 0.3 is 5.69 Å². The van der Waals surface area contributed by atoms with E-state index in [2.05, 4.69) is 10.6 Å². The Bertz CT molecular complexity index is 1580. The number of carbonyl (C=O) groups excluding carboxylic acids is 2. The highest BCUT2D eigenvalue weighted by atomic mass is 16.5. The number of benzene rings is 2. The van der Waals surface area contributed by atoms with Crippen LogP contribution in [0.4, 0.5) is 0 Å². The molecule has 5 rings (SSSR count). The Balaban J connectivity index is 1.47. The predicted molar refractivity (Wildman–Crippen MR) is 137 cm³/mol. The van der Waals surface area contributed by atoms with Crippen LogP contribution in [0.1, 0.15) is 31.2 Å². The molecule has 0 aliphatic heterocycles. The minimum Gasteiger partial charge on any atom is -0.497 e. The minimum atomic E-state index is -0.745. The fraction of sp³-hybridized carbons (Fsp3) is 0.333. The zero-order chi connectivity index (χ0) is 25.9. The van der Waals surface area contributed by atoms with Crippen molar-refractivity contribution in [1.82, 2.24) is 19.8 Å². The van der Waals surface area contributed by atoms with Crippen molar-refractivity contribution in [3.8, 4) is 5.75 Å². The lowest BCUT2D eigenvalue weighted by molar-refractivity contribution is -0.122. The maximum Gasteiger partial charge on any atom is 0.332 e. The summed E-state index contributed by atoms with van der Waals surface area (Å²) in [6.07, 6.45) is 3.83. The van der Waals surface area contributed by atoms with Crippen LogP contribution < -0.4 is 26.6 Å². The van der Waals surface area contributed by atoms with E-state index in [1.807, 2.05) is 12.1 Å². The van der Waals surface area contributed by atoms with E-state index in [-0.39, 0.29) is 30.2 Å². The molecule has 37 heavy (non-hydrogen) atoms. The summed E-state index contributed by atoms with van der Waals surface area (Å²) < 4.78 is 13.0. The van der Waals surface area contributed by atoms with Gasteiger partial charge in [-0.1, -0.05) is 37.1 Å². The van der Waals surface area contributed by atoms with Gasteiger partial charge in [0.05, 0.1) is 7.11 Å². The lowest BCUT2D eigenvalue weighted by Crippen LogP contribution is -2.46. The van der Waals surface area contributed by atoms with E-state index in [9.17, 15) is 19.2 Å². The topological polar surface area (TPSA) is 125 Å². The first-order chi connectivity index (χ1) is 17.9. The van der Waals surface area contributed by atoms with Gasteiger partial charge in [0.2, 0.25) is 17.4 Å². The molecule has 10 heteroatoms. The number of hydrogen-bond acceptors (Lipinski definition) is 6. The first-order valence-electron chi connectivity index (χ1n) is 12.3. The van der Waals surface area contributed by atoms with Gasteiger partial charge in [0.15, 0.2) is 0 Å². The summed E-state index contributed by atoms with van der Waals surface area (Å²) in [4.78, 5) is 52.4. The van der Waals surface area contributed by atoms with Gasteiger partial charge in [0.25, 0.3) is 5.56 Å². The summed E-state index contributed by atoms with van der Waals surface area (Å²) in [7, 11) is 1.58. The number of fused-ring (bicyclic) bond motifs is 3. The van der Waals surface area contributed by atoms with Gasteiger partial charge in [0, 0.05) is 18.0 Å². The van der Waals surface area contributed by atoms with Crippen LogP contribution in [-0.2, 0) is 29.2 Å². The molecule has 10 nitrogen and oxygen atoms in total. The van der Waals surface area contributed by atoms with Crippen LogP contribution in [-0.4, -0.2) is 34.1 Å². The van der Waals surface area contributed by atoms with E-state index in [1.165, 1.54) is 4.57 Å². The van der Waals surface area contributed by atoms with Crippen molar-refractivity contribution in [3.05, 3.63) is 74.9 Å². The number of furan rings is 1. The second-order valence-corrected chi connectivity index (χ2v) is 9.21. The third-order valence-electron chi connectivity index (χ3n) is 6.71. The molecule has 0 unspecified atom stereocenters. The Morgan fingerprint density at radius 1 is 0.973 bits per heavy atom. The van der Waals surface area contributed by atoms with Crippen LogP contribution in [0.15, 0.2) is 62.5 Å². The number of amides is 2. The molecule has 1 saturated carbocycles. The molecule has 2 aromatic heterocycles. The lowest BCUT2D eigenvalue weighted by atomic mass is 10.2. The zero-order valence-corrected chi connectivity index (χ0v) is 20.5. The maximum atomic E-state index is 13.5. The summed E-state index contributed by atoms with van der Waals surface area (Å²) in [5.74, 6) is -0.141. The van der Waals surface area contributed by atoms with Crippen molar-refractivity contribution in [2.45, 2.75) is 51.4 Å². The highest BCUT2D eigenvalue weighted by molar-refractivity contribution is 6.02. The average Bonchev–Trinajstić information content (AvgIpc) is 3.56. The highest BCUT2D eigenvalue weighted by Gasteiger charge is 2.23. The predicted octanol–water partition coefficient (Wildman–Crippen LogP) is 2.29. The van der Waals surface area contributed by atoms with E-state index in [0.29, 0.717) is 16.7 Å². The summed E-state index contributed by atoms with van der Waals surface area (Å²) in [5, 5.41) is 6.24. The van der Waals surface area contributed by atoms with Crippen molar-refractivity contribution in [2.75, 3.05) is 7.11 Å². The number of ether oxygens (including phenoxy) is 1. The van der Waals surface area contributed by atoms with Crippen LogP contribution in [0, 0.1) is 0 Å². The number of rotatable bonds is 8. The van der Waals surface area contributed by atoms with E-state index in [1.54, 1.807) is 43.5 Å². The normalized spacial score (nSPS) is 13.8. The van der Waals surface area contributed by atoms with Gasteiger partial charge in [-0.3, -0.25) is 19.0 Å². The number of aromatic nitrogens is 2. The molecule has 4 aromatic rings. The van der Waals surface area contributed by atoms with Gasteiger partial charge < -0.3 is 19.8 Å². The number of para-hydroxylation sites is 1. The molecule has 0 radical (unpaired) electrons. The van der Waals surface area contributed by atoms with E-state index in [4.69, 9.17) is 9.15 Å². The van der Waals surface area contributed by atoms with Gasteiger partial charge in [-0.2, -0.15) is 0 Å². The molecule has 2 N–H and O–H groups in total. The van der Waals surface area contributed by atoms with Crippen LogP contribution in [0.5, 0.6) is 5.75 Å². The Morgan fingerprint density at radius 3 is 2.41 bits per heavy atom. The van der Waals surface area contributed by atoms with Crippen LogP contribution in [0.2, 0.25) is 0 Å². The molecule has 0 spiro atoms. The quantitative estimate of drug-likeness (QED) is 0.379. The lowest BCUT2D eigenvalue weighted by Gasteiger charge is -2.14. The summed E-state index contributed by atoms with van der Waals surface area (Å²) in [6.45, 7) is -0.551. The molecule has 1 aliphatic rings. The first-order valence-corrected chi connectivity index (χ1v) is 12.3. The number of hydrogen-bond donors (Lipinski definition) is 2. The molecule has 2 aromatic carbocycles.